The van der Waals surface area contributed by atoms with Gasteiger partial charge < -0.3 is 4.57 Å². The number of fused-ring (bicyclic) bond motifs is 1. The van der Waals surface area contributed by atoms with E-state index in [4.69, 9.17) is 5.21 Å². The first-order chi connectivity index (χ1) is 14.1. The van der Waals surface area contributed by atoms with Crippen molar-refractivity contribution in [3.8, 4) is 11.1 Å². The minimum atomic E-state index is -3.88. The van der Waals surface area contributed by atoms with Gasteiger partial charge in [0, 0.05) is 48.4 Å². The van der Waals surface area contributed by atoms with E-state index in [1.165, 1.54) is 41.4 Å². The molecule has 1 atom stereocenters. The van der Waals surface area contributed by atoms with Gasteiger partial charge in [0.2, 0.25) is 0 Å². The number of nitrogens with one attached hydrogen (secondary N) is 1. The maximum atomic E-state index is 14.5. The normalized spacial score (nSPS) is 13.7. The molecule has 0 aliphatic heterocycles. The second-order valence-corrected chi connectivity index (χ2v) is 9.64. The van der Waals surface area contributed by atoms with Crippen LogP contribution in [0.1, 0.15) is 13.3 Å². The minimum Gasteiger partial charge on any atom is -0.315 e. The molecule has 0 fully saturated rings. The minimum absolute atomic E-state index is 0.0953. The number of amides is 1. The predicted molar refractivity (Wildman–Crippen MR) is 109 cm³/mol. The maximum absolute atomic E-state index is 14.5. The third-order valence-electron chi connectivity index (χ3n) is 5.26. The van der Waals surface area contributed by atoms with Crippen molar-refractivity contribution in [3.05, 3.63) is 65.1 Å². The van der Waals surface area contributed by atoms with E-state index >= 15 is 0 Å². The lowest BCUT2D eigenvalue weighted by Crippen LogP contribution is -2.49. The van der Waals surface area contributed by atoms with Crippen LogP contribution in [0.15, 0.2) is 53.7 Å². The Hall–Kier alpha value is -3.11. The van der Waals surface area contributed by atoms with Crippen molar-refractivity contribution in [2.45, 2.75) is 24.6 Å². The van der Waals surface area contributed by atoms with Gasteiger partial charge in [-0.3, -0.25) is 19.8 Å². The Morgan fingerprint density at radius 1 is 1.27 bits per heavy atom. The van der Waals surface area contributed by atoms with Crippen LogP contribution < -0.4 is 11.0 Å². The number of aromatic nitrogens is 2. The number of benzene rings is 1. The van der Waals surface area contributed by atoms with Crippen molar-refractivity contribution in [3.63, 3.8) is 0 Å². The summed E-state index contributed by atoms with van der Waals surface area (Å²) in [6.45, 7) is 1.08. The van der Waals surface area contributed by atoms with E-state index in [-0.39, 0.29) is 18.5 Å². The summed E-state index contributed by atoms with van der Waals surface area (Å²) in [6, 6.07) is 7.48. The molecule has 10 heteroatoms. The first-order valence-corrected chi connectivity index (χ1v) is 10.8. The molecule has 0 bridgehead atoms. The van der Waals surface area contributed by atoms with Crippen molar-refractivity contribution in [1.29, 1.82) is 0 Å². The predicted octanol–water partition coefficient (Wildman–Crippen LogP) is 1.90. The molecule has 0 aliphatic rings. The Morgan fingerprint density at radius 3 is 2.63 bits per heavy atom. The topological polar surface area (TPSA) is 118 Å². The number of carbonyl (C=O) groups excluding carboxylic acids is 1. The van der Waals surface area contributed by atoms with Crippen LogP contribution in [0.25, 0.3) is 21.9 Å². The zero-order chi connectivity index (χ0) is 22.1. The molecular formula is C20H20FN3O5S. The molecule has 3 rings (SSSR count). The fourth-order valence-electron chi connectivity index (χ4n) is 3.11. The number of halogens is 1. The summed E-state index contributed by atoms with van der Waals surface area (Å²) in [7, 11) is -3.88. The van der Waals surface area contributed by atoms with Gasteiger partial charge >= 0.3 is 0 Å². The smallest absolute Gasteiger partial charge is 0.264 e. The van der Waals surface area contributed by atoms with Gasteiger partial charge in [0.1, 0.15) is 5.82 Å². The fraction of sp³-hybridized carbons (Fsp3) is 0.250. The highest BCUT2D eigenvalue weighted by Crippen LogP contribution is 2.27. The number of rotatable bonds is 6. The number of carbonyl (C=O) groups is 1. The van der Waals surface area contributed by atoms with Crippen molar-refractivity contribution in [2.24, 2.45) is 0 Å². The lowest BCUT2D eigenvalue weighted by Gasteiger charge is -2.25. The van der Waals surface area contributed by atoms with Gasteiger partial charge in [-0.15, -0.1) is 0 Å². The van der Waals surface area contributed by atoms with Gasteiger partial charge in [-0.1, -0.05) is 0 Å². The number of hydroxylamine groups is 1. The molecule has 30 heavy (non-hydrogen) atoms. The number of pyridine rings is 2. The number of nitrogens with zero attached hydrogens (tertiary/aromatic N) is 2. The molecule has 3 aromatic rings. The van der Waals surface area contributed by atoms with Gasteiger partial charge in [-0.2, -0.15) is 0 Å². The summed E-state index contributed by atoms with van der Waals surface area (Å²) in [5.74, 6) is -1.58. The van der Waals surface area contributed by atoms with E-state index in [0.29, 0.717) is 10.9 Å². The third-order valence-corrected chi connectivity index (χ3v) is 7.29. The van der Waals surface area contributed by atoms with E-state index in [1.54, 1.807) is 24.5 Å². The monoisotopic (exact) mass is 433 g/mol. The Kier molecular flexibility index (Phi) is 5.73. The molecule has 0 saturated heterocycles. The van der Waals surface area contributed by atoms with E-state index in [0.717, 1.165) is 11.6 Å². The van der Waals surface area contributed by atoms with E-state index in [1.807, 2.05) is 0 Å². The van der Waals surface area contributed by atoms with Gasteiger partial charge in [0.15, 0.2) is 14.6 Å². The second kappa shape index (κ2) is 7.96. The fourth-order valence-corrected chi connectivity index (χ4v) is 3.95. The highest BCUT2D eigenvalue weighted by molar-refractivity contribution is 7.92. The molecule has 0 aliphatic carbocycles. The van der Waals surface area contributed by atoms with Crippen molar-refractivity contribution in [2.75, 3.05) is 6.26 Å². The summed E-state index contributed by atoms with van der Waals surface area (Å²) in [5, 5.41) is 10.3. The molecule has 0 spiro atoms. The van der Waals surface area contributed by atoms with Crippen LogP contribution in [0.3, 0.4) is 0 Å². The SMILES string of the molecule is CC(CCn1ccc(-c2cc3ccncc3cc2F)cc1=O)(C(=O)NO)S(C)(=O)=O. The Morgan fingerprint density at radius 2 is 2.00 bits per heavy atom. The lowest BCUT2D eigenvalue weighted by molar-refractivity contribution is -0.131. The molecule has 158 valence electrons. The van der Waals surface area contributed by atoms with Crippen LogP contribution in [0.2, 0.25) is 0 Å². The summed E-state index contributed by atoms with van der Waals surface area (Å²) < 4.78 is 37.9. The summed E-state index contributed by atoms with van der Waals surface area (Å²) >= 11 is 0. The number of aryl methyl sites for hydroxylation is 1. The van der Waals surface area contributed by atoms with Gasteiger partial charge in [-0.05, 0) is 48.6 Å². The average molecular weight is 433 g/mol. The first-order valence-electron chi connectivity index (χ1n) is 8.95. The summed E-state index contributed by atoms with van der Waals surface area (Å²) in [4.78, 5) is 28.4. The third kappa shape index (κ3) is 3.96. The highest BCUT2D eigenvalue weighted by atomic mass is 32.2. The van der Waals surface area contributed by atoms with Crippen LogP contribution in [0, 0.1) is 5.82 Å². The van der Waals surface area contributed by atoms with Crippen LogP contribution in [-0.4, -0.2) is 40.1 Å². The zero-order valence-electron chi connectivity index (χ0n) is 16.3. The average Bonchev–Trinajstić information content (AvgIpc) is 2.70. The van der Waals surface area contributed by atoms with Crippen LogP contribution >= 0.6 is 0 Å². The number of hydrogen-bond acceptors (Lipinski definition) is 6. The van der Waals surface area contributed by atoms with Crippen molar-refractivity contribution < 1.29 is 22.8 Å². The van der Waals surface area contributed by atoms with E-state index < -0.39 is 31.9 Å². The largest absolute Gasteiger partial charge is 0.315 e. The maximum Gasteiger partial charge on any atom is 0.264 e. The molecule has 8 nitrogen and oxygen atoms in total. The molecule has 0 saturated carbocycles. The van der Waals surface area contributed by atoms with Gasteiger partial charge in [0.05, 0.1) is 0 Å². The molecule has 0 radical (unpaired) electrons. The van der Waals surface area contributed by atoms with Crippen LogP contribution in [0.4, 0.5) is 4.39 Å². The Labute approximate surface area is 171 Å². The highest BCUT2D eigenvalue weighted by Gasteiger charge is 2.43. The second-order valence-electron chi connectivity index (χ2n) is 7.20. The quantitative estimate of drug-likeness (QED) is 0.453. The van der Waals surface area contributed by atoms with Gasteiger partial charge in [0.25, 0.3) is 11.5 Å². The van der Waals surface area contributed by atoms with Gasteiger partial charge in [-0.25, -0.2) is 18.3 Å². The lowest BCUT2D eigenvalue weighted by atomic mass is 10.0. The first kappa shape index (κ1) is 21.6. The standard InChI is InChI=1S/C20H20FN3O5S/c1-20(19(26)23-27,30(2,28)29)5-8-24-7-4-14(11-18(24)25)16-9-13-3-6-22-12-15(13)10-17(16)21/h3-4,6-7,9-12,27H,5,8H2,1-2H3,(H,23,26). The Balaban J connectivity index is 1.92. The molecule has 2 aromatic heterocycles. The molecule has 2 N–H and O–H groups in total. The summed E-state index contributed by atoms with van der Waals surface area (Å²) in [6.07, 6.45) is 5.18. The van der Waals surface area contributed by atoms with E-state index in [9.17, 15) is 22.4 Å². The zero-order valence-corrected chi connectivity index (χ0v) is 17.1. The van der Waals surface area contributed by atoms with Crippen molar-refractivity contribution >= 4 is 26.5 Å². The number of sulfone groups is 1. The Bertz CT molecular complexity index is 1290. The van der Waals surface area contributed by atoms with Crippen molar-refractivity contribution in [1.82, 2.24) is 15.0 Å². The van der Waals surface area contributed by atoms with Crippen LogP contribution in [0.5, 0.6) is 0 Å². The molecule has 1 unspecified atom stereocenters. The van der Waals surface area contributed by atoms with Crippen LogP contribution in [-0.2, 0) is 21.2 Å². The molecule has 2 heterocycles. The number of hydrogen-bond donors (Lipinski definition) is 2. The molecule has 1 amide bonds. The summed E-state index contributed by atoms with van der Waals surface area (Å²) in [5.41, 5.74) is 1.49. The molecular weight excluding hydrogens is 413 g/mol. The molecule has 1 aromatic carbocycles. The van der Waals surface area contributed by atoms with E-state index in [2.05, 4.69) is 4.98 Å².